The fourth-order valence-corrected chi connectivity index (χ4v) is 4.88. The predicted octanol–water partition coefficient (Wildman–Crippen LogP) is 3.97. The topological polar surface area (TPSA) is 107 Å². The fraction of sp³-hybridized carbons (Fsp3) is 0.200. The lowest BCUT2D eigenvalue weighted by molar-refractivity contribution is 0.0608. The van der Waals surface area contributed by atoms with Gasteiger partial charge in [0.05, 0.1) is 36.2 Å². The number of H-pyrrole nitrogens is 1. The second-order valence-corrected chi connectivity index (χ2v) is 9.26. The van der Waals surface area contributed by atoms with Crippen LogP contribution in [-0.4, -0.2) is 35.5 Å². The molecule has 0 unspecified atom stereocenters. The Morgan fingerprint density at radius 3 is 2.44 bits per heavy atom. The number of esters is 1. The van der Waals surface area contributed by atoms with Crippen LogP contribution in [0.25, 0.3) is 16.6 Å². The summed E-state index contributed by atoms with van der Waals surface area (Å²) in [5.74, 6) is -2.57. The molecule has 0 radical (unpaired) electrons. The van der Waals surface area contributed by atoms with Gasteiger partial charge in [0, 0.05) is 16.5 Å². The number of carbonyl (C=O) groups excluding carboxylic acids is 2. The van der Waals surface area contributed by atoms with Gasteiger partial charge in [0.1, 0.15) is 22.3 Å². The standard InChI is InChI=1S/C25H20F2N2O6S/c1-25(2,14-10-13(26)6-8-18(14)34-3)21(30)12-5-7-15(27)17(9-12)29-22(31)19-16(28-24(29)33)11-36-20(19)23(32)35-4/h5-11H,1-4H3,(H,28,33). The van der Waals surface area contributed by atoms with E-state index < -0.39 is 45.7 Å². The largest absolute Gasteiger partial charge is 0.496 e. The van der Waals surface area contributed by atoms with E-state index in [1.54, 1.807) is 13.8 Å². The van der Waals surface area contributed by atoms with E-state index in [-0.39, 0.29) is 32.7 Å². The van der Waals surface area contributed by atoms with Crippen molar-refractivity contribution in [1.82, 2.24) is 9.55 Å². The molecule has 0 aliphatic carbocycles. The number of ether oxygens (including phenoxy) is 2. The van der Waals surface area contributed by atoms with Gasteiger partial charge in [0.2, 0.25) is 0 Å². The molecule has 0 aliphatic rings. The molecule has 0 fully saturated rings. The zero-order valence-corrected chi connectivity index (χ0v) is 20.4. The number of rotatable bonds is 6. The molecule has 11 heteroatoms. The highest BCUT2D eigenvalue weighted by Crippen LogP contribution is 2.35. The molecule has 0 saturated carbocycles. The molecule has 0 atom stereocenters. The molecular formula is C25H20F2N2O6S. The smallest absolute Gasteiger partial charge is 0.348 e. The van der Waals surface area contributed by atoms with E-state index in [4.69, 9.17) is 9.47 Å². The minimum atomic E-state index is -1.32. The molecule has 1 N–H and O–H groups in total. The molecular weight excluding hydrogens is 494 g/mol. The van der Waals surface area contributed by atoms with Crippen LogP contribution in [0, 0.1) is 11.6 Å². The Morgan fingerprint density at radius 2 is 1.78 bits per heavy atom. The summed E-state index contributed by atoms with van der Waals surface area (Å²) in [5, 5.41) is 1.26. The van der Waals surface area contributed by atoms with Gasteiger partial charge < -0.3 is 14.5 Å². The molecule has 0 bridgehead atoms. The maximum Gasteiger partial charge on any atom is 0.348 e. The molecule has 4 rings (SSSR count). The third-order valence-corrected chi connectivity index (χ3v) is 6.84. The zero-order valence-electron chi connectivity index (χ0n) is 19.6. The summed E-state index contributed by atoms with van der Waals surface area (Å²) >= 11 is 0.892. The number of nitrogens with one attached hydrogen (secondary N) is 1. The Morgan fingerprint density at radius 1 is 1.06 bits per heavy atom. The van der Waals surface area contributed by atoms with Gasteiger partial charge in [-0.2, -0.15) is 0 Å². The number of benzene rings is 2. The highest BCUT2D eigenvalue weighted by Gasteiger charge is 2.34. The average Bonchev–Trinajstić information content (AvgIpc) is 3.28. The minimum Gasteiger partial charge on any atom is -0.496 e. The highest BCUT2D eigenvalue weighted by molar-refractivity contribution is 7.13. The van der Waals surface area contributed by atoms with Gasteiger partial charge in [-0.15, -0.1) is 11.3 Å². The molecule has 2 aromatic carbocycles. The number of Topliss-reactive ketones (excluding diaryl/α,β-unsaturated/α-hetero) is 1. The van der Waals surface area contributed by atoms with E-state index in [0.29, 0.717) is 4.57 Å². The Bertz CT molecular complexity index is 1650. The van der Waals surface area contributed by atoms with E-state index in [9.17, 15) is 28.0 Å². The van der Waals surface area contributed by atoms with Gasteiger partial charge in [-0.1, -0.05) is 0 Å². The van der Waals surface area contributed by atoms with Crippen molar-refractivity contribution in [3.63, 3.8) is 0 Å². The Hall–Kier alpha value is -4.12. The maximum atomic E-state index is 14.9. The number of nitrogens with zero attached hydrogens (tertiary/aromatic N) is 1. The van der Waals surface area contributed by atoms with Crippen molar-refractivity contribution >= 4 is 34.0 Å². The first-order valence-electron chi connectivity index (χ1n) is 10.5. The SMILES string of the molecule is COC(=O)c1scc2[nH]c(=O)n(-c3cc(C(=O)C(C)(C)c4cc(F)ccc4OC)ccc3F)c(=O)c12. The Balaban J connectivity index is 1.90. The quantitative estimate of drug-likeness (QED) is 0.308. The average molecular weight is 515 g/mol. The number of carbonyl (C=O) groups is 2. The number of aromatic nitrogens is 2. The lowest BCUT2D eigenvalue weighted by Gasteiger charge is -2.26. The maximum absolute atomic E-state index is 14.9. The minimum absolute atomic E-state index is 0.0346. The van der Waals surface area contributed by atoms with Crippen LogP contribution in [-0.2, 0) is 10.2 Å². The van der Waals surface area contributed by atoms with Gasteiger partial charge in [-0.05, 0) is 50.2 Å². The molecule has 0 spiro atoms. The number of hydrogen-bond acceptors (Lipinski definition) is 7. The number of hydrogen-bond donors (Lipinski definition) is 1. The molecule has 0 amide bonds. The van der Waals surface area contributed by atoms with Crippen molar-refractivity contribution in [3.8, 4) is 11.4 Å². The highest BCUT2D eigenvalue weighted by atomic mass is 32.1. The second-order valence-electron chi connectivity index (χ2n) is 8.38. The number of aromatic amines is 1. The van der Waals surface area contributed by atoms with Gasteiger partial charge >= 0.3 is 11.7 Å². The molecule has 2 heterocycles. The molecule has 4 aromatic rings. The summed E-state index contributed by atoms with van der Waals surface area (Å²) in [7, 11) is 2.53. The van der Waals surface area contributed by atoms with Crippen molar-refractivity contribution in [2.75, 3.05) is 14.2 Å². The summed E-state index contributed by atoms with van der Waals surface area (Å²) in [6.45, 7) is 3.10. The lowest BCUT2D eigenvalue weighted by atomic mass is 9.77. The number of ketones is 1. The normalized spacial score (nSPS) is 11.5. The van der Waals surface area contributed by atoms with E-state index in [1.807, 2.05) is 0 Å². The van der Waals surface area contributed by atoms with E-state index in [0.717, 1.165) is 30.6 Å². The zero-order chi connectivity index (χ0) is 26.4. The van der Waals surface area contributed by atoms with Crippen LogP contribution >= 0.6 is 11.3 Å². The number of halogens is 2. The molecule has 36 heavy (non-hydrogen) atoms. The van der Waals surface area contributed by atoms with Gasteiger partial charge in [0.25, 0.3) is 5.56 Å². The van der Waals surface area contributed by atoms with Crippen molar-refractivity contribution < 1.29 is 27.8 Å². The first-order chi connectivity index (χ1) is 17.0. The summed E-state index contributed by atoms with van der Waals surface area (Å²) in [4.78, 5) is 54.0. The predicted molar refractivity (Wildman–Crippen MR) is 130 cm³/mol. The number of thiophene rings is 1. The third-order valence-electron chi connectivity index (χ3n) is 5.88. The van der Waals surface area contributed by atoms with Gasteiger partial charge in [0.15, 0.2) is 5.78 Å². The van der Waals surface area contributed by atoms with Crippen LogP contribution in [0.2, 0.25) is 0 Å². The van der Waals surface area contributed by atoms with E-state index in [1.165, 1.54) is 36.8 Å². The van der Waals surface area contributed by atoms with E-state index >= 15 is 0 Å². The first-order valence-corrected chi connectivity index (χ1v) is 11.4. The molecule has 8 nitrogen and oxygen atoms in total. The second kappa shape index (κ2) is 9.15. The third kappa shape index (κ3) is 4.01. The van der Waals surface area contributed by atoms with E-state index in [2.05, 4.69) is 4.98 Å². The monoisotopic (exact) mass is 514 g/mol. The fourth-order valence-electron chi connectivity index (χ4n) is 3.98. The van der Waals surface area contributed by atoms with Crippen molar-refractivity contribution in [2.45, 2.75) is 19.3 Å². The lowest BCUT2D eigenvalue weighted by Crippen LogP contribution is -2.35. The van der Waals surface area contributed by atoms with Crippen LogP contribution in [0.1, 0.15) is 39.4 Å². The molecule has 186 valence electrons. The van der Waals surface area contributed by atoms with Crippen LogP contribution < -0.4 is 16.0 Å². The molecule has 0 saturated heterocycles. The number of methoxy groups -OCH3 is 2. The Kier molecular flexibility index (Phi) is 6.35. The van der Waals surface area contributed by atoms with Gasteiger partial charge in [-0.3, -0.25) is 9.59 Å². The van der Waals surface area contributed by atoms with Crippen LogP contribution in [0.4, 0.5) is 8.78 Å². The van der Waals surface area contributed by atoms with Gasteiger partial charge in [-0.25, -0.2) is 22.9 Å². The molecule has 0 aliphatic heterocycles. The van der Waals surface area contributed by atoms with Crippen molar-refractivity contribution in [3.05, 3.63) is 90.3 Å². The first kappa shape index (κ1) is 25.0. The van der Waals surface area contributed by atoms with Crippen LogP contribution in [0.5, 0.6) is 5.75 Å². The molecule has 2 aromatic heterocycles. The number of fused-ring (bicyclic) bond motifs is 1. The van der Waals surface area contributed by atoms with Crippen molar-refractivity contribution in [2.24, 2.45) is 0 Å². The van der Waals surface area contributed by atoms with Crippen LogP contribution in [0.3, 0.4) is 0 Å². The van der Waals surface area contributed by atoms with Crippen molar-refractivity contribution in [1.29, 1.82) is 0 Å². The summed E-state index contributed by atoms with van der Waals surface area (Å²) in [6.07, 6.45) is 0. The summed E-state index contributed by atoms with van der Waals surface area (Å²) in [6, 6.07) is 6.99. The Labute approximate surface area is 206 Å². The summed E-state index contributed by atoms with van der Waals surface area (Å²) in [5.41, 5.74) is -3.40. The van der Waals surface area contributed by atoms with Crippen LogP contribution in [0.15, 0.2) is 51.4 Å². The summed E-state index contributed by atoms with van der Waals surface area (Å²) < 4.78 is 39.4.